The molecule has 0 aliphatic rings. The highest BCUT2D eigenvalue weighted by Crippen LogP contribution is 2.24. The highest BCUT2D eigenvalue weighted by Gasteiger charge is 1.97. The third-order valence-corrected chi connectivity index (χ3v) is 2.63. The van der Waals surface area contributed by atoms with Crippen LogP contribution in [0.15, 0.2) is 28.2 Å². The van der Waals surface area contributed by atoms with Gasteiger partial charge in [0.15, 0.2) is 0 Å². The average Bonchev–Trinajstić information content (AvgIpc) is 2.31. The lowest BCUT2D eigenvalue weighted by molar-refractivity contribution is 1.49. The molecule has 2 rings (SSSR count). The van der Waals surface area contributed by atoms with Crippen molar-refractivity contribution in [3.05, 3.63) is 28.2 Å². The van der Waals surface area contributed by atoms with Crippen LogP contribution in [0.1, 0.15) is 1.37 Å². The van der Waals surface area contributed by atoms with Gasteiger partial charge in [0.05, 0.1) is 17.1 Å². The first kappa shape index (κ1) is 5.27. The molecule has 0 atom stereocenters. The molecule has 10 heavy (non-hydrogen) atoms. The van der Waals surface area contributed by atoms with Crippen molar-refractivity contribution < 1.29 is 1.37 Å². The Morgan fingerprint density at radius 2 is 2.50 bits per heavy atom. The van der Waals surface area contributed by atoms with E-state index >= 15 is 0 Å². The summed E-state index contributed by atoms with van der Waals surface area (Å²) in [6, 6.07) is 5.85. The lowest BCUT2D eigenvalue weighted by Gasteiger charge is -1.88. The van der Waals surface area contributed by atoms with Crippen molar-refractivity contribution in [3.8, 4) is 0 Å². The fourth-order valence-corrected chi connectivity index (χ4v) is 2.02. The summed E-state index contributed by atoms with van der Waals surface area (Å²) in [5, 5.41) is 0. The van der Waals surface area contributed by atoms with E-state index in [1.807, 2.05) is 18.2 Å². The summed E-state index contributed by atoms with van der Waals surface area (Å²) in [5.41, 5.74) is 1.26. The normalized spacial score (nSPS) is 11.9. The molecule has 1 aromatic heterocycles. The third-order valence-electron chi connectivity index (χ3n) is 1.26. The van der Waals surface area contributed by atoms with Crippen molar-refractivity contribution in [1.29, 1.82) is 0 Å². The molecule has 0 bridgehead atoms. The van der Waals surface area contributed by atoms with Gasteiger partial charge in [0, 0.05) is 4.47 Å². The predicted octanol–water partition coefficient (Wildman–Crippen LogP) is 3.06. The van der Waals surface area contributed by atoms with Crippen LogP contribution >= 0.6 is 27.3 Å². The molecule has 0 amide bonds. The topological polar surface area (TPSA) is 12.9 Å². The van der Waals surface area contributed by atoms with Gasteiger partial charge in [0.2, 0.25) is 0 Å². The largest absolute Gasteiger partial charge is 0.243 e. The van der Waals surface area contributed by atoms with Crippen LogP contribution in [-0.4, -0.2) is 4.98 Å². The molecule has 1 aromatic carbocycles. The van der Waals surface area contributed by atoms with Gasteiger partial charge < -0.3 is 0 Å². The molecule has 1 heterocycles. The third kappa shape index (κ3) is 0.859. The van der Waals surface area contributed by atoms with Crippen molar-refractivity contribution in [2.24, 2.45) is 0 Å². The van der Waals surface area contributed by atoms with E-state index in [9.17, 15) is 0 Å². The van der Waals surface area contributed by atoms with E-state index in [4.69, 9.17) is 1.37 Å². The Kier molecular flexibility index (Phi) is 1.22. The molecule has 3 heteroatoms. The molecule has 0 spiro atoms. The van der Waals surface area contributed by atoms with Gasteiger partial charge in [-0.25, -0.2) is 4.98 Å². The standard InChI is InChI=1S/C7H4BrNS/c8-5-2-1-3-6-7(5)9-4-10-6/h1-4H/i4D. The van der Waals surface area contributed by atoms with Gasteiger partial charge in [0.25, 0.3) is 0 Å². The molecular formula is C7H4BrNS. The fraction of sp³-hybridized carbons (Fsp3) is 0. The Hall–Kier alpha value is -0.410. The van der Waals surface area contributed by atoms with Gasteiger partial charge in [-0.15, -0.1) is 11.3 Å². The molecule has 0 N–H and O–H groups in total. The van der Waals surface area contributed by atoms with E-state index in [0.717, 1.165) is 14.7 Å². The van der Waals surface area contributed by atoms with E-state index < -0.39 is 0 Å². The molecule has 0 saturated carbocycles. The fourth-order valence-electron chi connectivity index (χ4n) is 0.804. The lowest BCUT2D eigenvalue weighted by Crippen LogP contribution is -1.67. The van der Waals surface area contributed by atoms with Crippen LogP contribution in [0.5, 0.6) is 0 Å². The quantitative estimate of drug-likeness (QED) is 0.658. The van der Waals surface area contributed by atoms with Crippen LogP contribution in [0.2, 0.25) is 0 Å². The summed E-state index contributed by atoms with van der Waals surface area (Å²) < 4.78 is 9.33. The molecule has 2 aromatic rings. The molecule has 50 valence electrons. The summed E-state index contributed by atoms with van der Waals surface area (Å²) in [6.07, 6.45) is 0. The first-order valence-electron chi connectivity index (χ1n) is 3.29. The molecule has 0 aliphatic heterocycles. The maximum Gasteiger partial charge on any atom is 0.0960 e. The minimum atomic E-state index is 0.368. The molecule has 0 aliphatic carbocycles. The van der Waals surface area contributed by atoms with Crippen LogP contribution in [0.25, 0.3) is 10.2 Å². The van der Waals surface area contributed by atoms with Crippen molar-refractivity contribution >= 4 is 37.5 Å². The minimum absolute atomic E-state index is 0.368. The zero-order valence-electron chi connectivity index (χ0n) is 5.97. The summed E-state index contributed by atoms with van der Waals surface area (Å²) in [6.45, 7) is 0. The smallest absolute Gasteiger partial charge is 0.0960 e. The van der Waals surface area contributed by atoms with E-state index in [1.54, 1.807) is 0 Å². The Morgan fingerprint density at radius 3 is 3.30 bits per heavy atom. The van der Waals surface area contributed by atoms with Crippen LogP contribution in [-0.2, 0) is 0 Å². The average molecular weight is 215 g/mol. The summed E-state index contributed by atoms with van der Waals surface area (Å²) in [7, 11) is 0. The first-order chi connectivity index (χ1) is 5.27. The maximum atomic E-state index is 7.31. The van der Waals surface area contributed by atoms with Gasteiger partial charge in [0.1, 0.15) is 0 Å². The highest BCUT2D eigenvalue weighted by molar-refractivity contribution is 9.10. The van der Waals surface area contributed by atoms with E-state index in [1.165, 1.54) is 11.3 Å². The molecule has 0 fully saturated rings. The van der Waals surface area contributed by atoms with Crippen LogP contribution in [0.3, 0.4) is 0 Å². The number of fused-ring (bicyclic) bond motifs is 1. The number of benzene rings is 1. The van der Waals surface area contributed by atoms with Crippen LogP contribution in [0.4, 0.5) is 0 Å². The minimum Gasteiger partial charge on any atom is -0.243 e. The molecule has 0 unspecified atom stereocenters. The van der Waals surface area contributed by atoms with Crippen LogP contribution in [0, 0.1) is 0 Å². The molecule has 0 radical (unpaired) electrons. The van der Waals surface area contributed by atoms with Crippen molar-refractivity contribution in [2.75, 3.05) is 0 Å². The first-order valence-corrected chi connectivity index (χ1v) is 4.40. The Morgan fingerprint density at radius 1 is 1.60 bits per heavy atom. The van der Waals surface area contributed by atoms with Gasteiger partial charge in [-0.1, -0.05) is 6.07 Å². The maximum absolute atomic E-state index is 7.31. The summed E-state index contributed by atoms with van der Waals surface area (Å²) >= 11 is 4.76. The zero-order chi connectivity index (χ0) is 7.84. The number of thiazole rings is 1. The van der Waals surface area contributed by atoms with Crippen LogP contribution < -0.4 is 0 Å². The number of halogens is 1. The SMILES string of the molecule is [2H]c1nc2c(Br)cccc2s1. The lowest BCUT2D eigenvalue weighted by atomic mass is 10.3. The van der Waals surface area contributed by atoms with Crippen molar-refractivity contribution in [2.45, 2.75) is 0 Å². The second-order valence-corrected chi connectivity index (χ2v) is 3.57. The Balaban J connectivity index is 2.90. The number of para-hydroxylation sites is 1. The van der Waals surface area contributed by atoms with Gasteiger partial charge >= 0.3 is 0 Å². The Labute approximate surface area is 72.2 Å². The zero-order valence-corrected chi connectivity index (χ0v) is 7.37. The number of aromatic nitrogens is 1. The van der Waals surface area contributed by atoms with Crippen molar-refractivity contribution in [3.63, 3.8) is 0 Å². The number of rotatable bonds is 0. The van der Waals surface area contributed by atoms with E-state index in [2.05, 4.69) is 20.9 Å². The molecular weight excluding hydrogens is 210 g/mol. The summed E-state index contributed by atoms with van der Waals surface area (Å²) in [5.74, 6) is 0. The Bertz CT molecular complexity index is 398. The van der Waals surface area contributed by atoms with E-state index in [0.29, 0.717) is 5.49 Å². The monoisotopic (exact) mass is 214 g/mol. The molecule has 1 nitrogen and oxygen atoms in total. The number of nitrogens with zero attached hydrogens (tertiary/aromatic N) is 1. The predicted molar refractivity (Wildman–Crippen MR) is 47.3 cm³/mol. The van der Waals surface area contributed by atoms with Gasteiger partial charge in [-0.05, 0) is 28.1 Å². The second kappa shape index (κ2) is 2.32. The van der Waals surface area contributed by atoms with E-state index in [-0.39, 0.29) is 0 Å². The highest BCUT2D eigenvalue weighted by atomic mass is 79.9. The van der Waals surface area contributed by atoms with Gasteiger partial charge in [-0.3, -0.25) is 0 Å². The number of hydrogen-bond donors (Lipinski definition) is 0. The summed E-state index contributed by atoms with van der Waals surface area (Å²) in [4.78, 5) is 4.05. The van der Waals surface area contributed by atoms with Crippen molar-refractivity contribution in [1.82, 2.24) is 4.98 Å². The van der Waals surface area contributed by atoms with Gasteiger partial charge in [-0.2, -0.15) is 0 Å². The second-order valence-electron chi connectivity index (χ2n) is 1.89. The molecule has 0 saturated heterocycles. The number of hydrogen-bond acceptors (Lipinski definition) is 2.